The van der Waals surface area contributed by atoms with Gasteiger partial charge >= 0.3 is 6.18 Å². The van der Waals surface area contributed by atoms with Crippen LogP contribution in [0.4, 0.5) is 13.2 Å². The van der Waals surface area contributed by atoms with Crippen LogP contribution in [0.5, 0.6) is 11.8 Å². The van der Waals surface area contributed by atoms with Crippen LogP contribution in [0.25, 0.3) is 5.69 Å². The van der Waals surface area contributed by atoms with Crippen molar-refractivity contribution < 1.29 is 33.2 Å². The van der Waals surface area contributed by atoms with Crippen molar-refractivity contribution in [3.05, 3.63) is 40.5 Å². The van der Waals surface area contributed by atoms with E-state index in [9.17, 15) is 23.4 Å². The summed E-state index contributed by atoms with van der Waals surface area (Å²) in [6, 6.07) is 4.59. The molecule has 3 N–H and O–H groups in total. The van der Waals surface area contributed by atoms with Crippen LogP contribution in [-0.2, 0) is 22.1 Å². The van der Waals surface area contributed by atoms with Crippen molar-refractivity contribution >= 4 is 0 Å². The lowest BCUT2D eigenvalue weighted by atomic mass is 9.94. The quantitative estimate of drug-likeness (QED) is 0.517. The van der Waals surface area contributed by atoms with Crippen LogP contribution >= 0.6 is 0 Å². The molecule has 1 fully saturated rings. The maximum atomic E-state index is 13.5. The number of aromatic nitrogens is 1. The van der Waals surface area contributed by atoms with Gasteiger partial charge in [0.25, 0.3) is 0 Å². The number of hydrogen-bond acceptors (Lipinski definition) is 6. The van der Waals surface area contributed by atoms with Crippen LogP contribution in [0, 0.1) is 11.3 Å². The fraction of sp³-hybridized carbons (Fsp3) is 0.542. The molecule has 2 bridgehead atoms. The van der Waals surface area contributed by atoms with E-state index >= 15 is 0 Å². The molecule has 4 rings (SSSR count). The largest absolute Gasteiger partial charge is 0.494 e. The normalized spacial score (nSPS) is 24.3. The highest BCUT2D eigenvalue weighted by molar-refractivity contribution is 5.61. The number of nitriles is 1. The monoisotopic (exact) mass is 479 g/mol. The number of unbranched alkanes of at least 4 members (excludes halogenated alkanes) is 3. The van der Waals surface area contributed by atoms with E-state index in [1.54, 1.807) is 13.8 Å². The molecule has 2 aromatic rings. The summed E-state index contributed by atoms with van der Waals surface area (Å²) in [5, 5.41) is 40.2. The molecule has 0 amide bonds. The van der Waals surface area contributed by atoms with Crippen molar-refractivity contribution in [2.45, 2.75) is 56.9 Å². The molecule has 0 unspecified atom stereocenters. The Labute approximate surface area is 195 Å². The van der Waals surface area contributed by atoms with Crippen LogP contribution < -0.4 is 0 Å². The third-order valence-electron chi connectivity index (χ3n) is 6.75. The van der Waals surface area contributed by atoms with Gasteiger partial charge in [-0.15, -0.1) is 0 Å². The molecule has 0 spiro atoms. The number of nitrogens with zero attached hydrogens (tertiary/aromatic N) is 3. The summed E-state index contributed by atoms with van der Waals surface area (Å²) in [7, 11) is 0. The van der Waals surface area contributed by atoms with Crippen molar-refractivity contribution in [2.24, 2.45) is 0 Å². The van der Waals surface area contributed by atoms with Crippen LogP contribution in [0.1, 0.15) is 61.8 Å². The van der Waals surface area contributed by atoms with Crippen LogP contribution in [0.2, 0.25) is 0 Å². The van der Waals surface area contributed by atoms with Gasteiger partial charge in [0.1, 0.15) is 11.2 Å². The molecule has 0 radical (unpaired) electrons. The first kappa shape index (κ1) is 24.4. The Morgan fingerprint density at radius 1 is 1.03 bits per heavy atom. The van der Waals surface area contributed by atoms with Gasteiger partial charge in [0.2, 0.25) is 11.8 Å². The van der Waals surface area contributed by atoms with Crippen LogP contribution in [-0.4, -0.2) is 51.0 Å². The summed E-state index contributed by atoms with van der Waals surface area (Å²) in [6.45, 7) is 5.48. The first-order valence-electron chi connectivity index (χ1n) is 11.3. The zero-order chi connectivity index (χ0) is 24.9. The Kier molecular flexibility index (Phi) is 6.09. The number of aliphatic hydroxyl groups excluding tert-OH is 1. The Hall–Kier alpha value is -2.74. The first-order valence-corrected chi connectivity index (χ1v) is 11.3. The number of alkyl halides is 3. The highest BCUT2D eigenvalue weighted by atomic mass is 19.4. The minimum atomic E-state index is -4.77. The Morgan fingerprint density at radius 3 is 2.15 bits per heavy atom. The van der Waals surface area contributed by atoms with Gasteiger partial charge in [0, 0.05) is 19.7 Å². The first-order chi connectivity index (χ1) is 15.9. The molecular weight excluding hydrogens is 451 g/mol. The predicted molar refractivity (Wildman–Crippen MR) is 117 cm³/mol. The van der Waals surface area contributed by atoms with Gasteiger partial charge in [-0.05, 0) is 51.4 Å². The molecule has 1 saturated heterocycles. The highest BCUT2D eigenvalue weighted by Gasteiger charge is 2.58. The number of benzene rings is 1. The van der Waals surface area contributed by atoms with E-state index in [1.807, 2.05) is 0 Å². The number of morpholine rings is 1. The smallest absolute Gasteiger partial charge is 0.417 e. The number of fused-ring (bicyclic) bond motifs is 5. The van der Waals surface area contributed by atoms with Gasteiger partial charge in [-0.25, -0.2) is 0 Å². The molecule has 7 nitrogen and oxygen atoms in total. The van der Waals surface area contributed by atoms with E-state index in [0.717, 1.165) is 48.9 Å². The van der Waals surface area contributed by atoms with Gasteiger partial charge in [0.05, 0.1) is 34.0 Å². The van der Waals surface area contributed by atoms with Gasteiger partial charge in [0.15, 0.2) is 0 Å². The molecule has 0 aliphatic carbocycles. The third-order valence-corrected chi connectivity index (χ3v) is 6.75. The van der Waals surface area contributed by atoms with Gasteiger partial charge < -0.3 is 20.1 Å². The second-order valence-corrected chi connectivity index (χ2v) is 9.48. The number of aliphatic hydroxyl groups is 1. The Bertz CT molecular complexity index is 1100. The molecule has 1 aromatic heterocycles. The molecule has 2 aliphatic rings. The molecule has 0 saturated carbocycles. The van der Waals surface area contributed by atoms with Crippen molar-refractivity contribution in [1.29, 1.82) is 5.26 Å². The molecule has 3 heterocycles. The van der Waals surface area contributed by atoms with E-state index in [2.05, 4.69) is 4.90 Å². The highest BCUT2D eigenvalue weighted by Crippen LogP contribution is 2.59. The predicted octanol–water partition coefficient (Wildman–Crippen LogP) is 4.11. The average Bonchev–Trinajstić information content (AvgIpc) is 3.12. The van der Waals surface area contributed by atoms with Crippen molar-refractivity contribution in [3.63, 3.8) is 0 Å². The van der Waals surface area contributed by atoms with Gasteiger partial charge in [-0.1, -0.05) is 12.8 Å². The topological polar surface area (TPSA) is 102 Å². The van der Waals surface area contributed by atoms with Crippen molar-refractivity contribution in [3.8, 4) is 23.5 Å². The second kappa shape index (κ2) is 8.48. The summed E-state index contributed by atoms with van der Waals surface area (Å²) < 4.78 is 47.8. The Balaban J connectivity index is 1.70. The number of rotatable bonds is 7. The minimum Gasteiger partial charge on any atom is -0.494 e. The fourth-order valence-corrected chi connectivity index (χ4v) is 5.49. The molecule has 34 heavy (non-hydrogen) atoms. The molecule has 1 aromatic carbocycles. The third kappa shape index (κ3) is 3.91. The number of aromatic hydroxyl groups is 2. The molecule has 2 aliphatic heterocycles. The van der Waals surface area contributed by atoms with E-state index in [-0.39, 0.29) is 24.1 Å². The lowest BCUT2D eigenvalue weighted by Crippen LogP contribution is -2.51. The van der Waals surface area contributed by atoms with E-state index in [1.165, 1.54) is 12.1 Å². The Morgan fingerprint density at radius 2 is 1.62 bits per heavy atom. The number of ether oxygens (including phenoxy) is 1. The van der Waals surface area contributed by atoms with Crippen LogP contribution in [0.3, 0.4) is 0 Å². The maximum Gasteiger partial charge on any atom is 0.417 e. The standard InChI is InChI=1S/C24H28F3N3O4/c1-22-13-29(9-5-3-4-6-10-31)14-23(2,34-22)19-18(22)20(32)30(21(19)33)16-8-7-15(12-28)17(11-16)24(25,26)27/h7-8,11,31-33H,3-6,9-10,13-14H2,1-2H3/t22-,23+. The van der Waals surface area contributed by atoms with Gasteiger partial charge in [-0.2, -0.15) is 18.4 Å². The minimum absolute atomic E-state index is 0.0956. The molecule has 2 atom stereocenters. The lowest BCUT2D eigenvalue weighted by Gasteiger charge is -2.44. The maximum absolute atomic E-state index is 13.5. The van der Waals surface area contributed by atoms with Crippen molar-refractivity contribution in [2.75, 3.05) is 26.2 Å². The molecule has 10 heteroatoms. The second-order valence-electron chi connectivity index (χ2n) is 9.48. The van der Waals surface area contributed by atoms with Crippen molar-refractivity contribution in [1.82, 2.24) is 9.47 Å². The average molecular weight is 479 g/mol. The van der Waals surface area contributed by atoms with Gasteiger partial charge in [-0.3, -0.25) is 9.47 Å². The lowest BCUT2D eigenvalue weighted by molar-refractivity contribution is -0.186. The summed E-state index contributed by atoms with van der Waals surface area (Å²) in [5.41, 5.74) is -2.95. The summed E-state index contributed by atoms with van der Waals surface area (Å²) in [4.78, 5) is 2.20. The SMILES string of the molecule is C[C@]12CN(CCCCCCO)C[C@](C)(O1)c1c2c(O)n(-c2ccc(C#N)c(C(F)(F)F)c2)c1O. The fourth-order valence-electron chi connectivity index (χ4n) is 5.49. The summed E-state index contributed by atoms with van der Waals surface area (Å²) in [6.07, 6.45) is -1.16. The zero-order valence-corrected chi connectivity index (χ0v) is 19.1. The number of hydrogen-bond donors (Lipinski definition) is 3. The number of halogens is 3. The molecular formula is C24H28F3N3O4. The van der Waals surface area contributed by atoms with E-state index in [0.29, 0.717) is 24.2 Å². The molecule has 184 valence electrons. The summed E-state index contributed by atoms with van der Waals surface area (Å²) >= 11 is 0. The van der Waals surface area contributed by atoms with E-state index in [4.69, 9.17) is 15.1 Å². The van der Waals surface area contributed by atoms with E-state index < -0.39 is 28.5 Å². The van der Waals surface area contributed by atoms with Crippen LogP contribution in [0.15, 0.2) is 18.2 Å². The zero-order valence-electron chi connectivity index (χ0n) is 19.1. The summed E-state index contributed by atoms with van der Waals surface area (Å²) in [5.74, 6) is -0.747.